The van der Waals surface area contributed by atoms with Gasteiger partial charge >= 0.3 is 13.1 Å². The first kappa shape index (κ1) is 24.7. The summed E-state index contributed by atoms with van der Waals surface area (Å²) in [5.74, 6) is -0.626. The molecule has 1 heterocycles. The highest BCUT2D eigenvalue weighted by molar-refractivity contribution is 9.10. The number of rotatable bonds is 5. The Hall–Kier alpha value is -1.38. The summed E-state index contributed by atoms with van der Waals surface area (Å²) >= 11 is 3.06. The lowest BCUT2D eigenvalue weighted by atomic mass is 9.81. The molecule has 0 N–H and O–H groups in total. The Balaban J connectivity index is 0.000000292. The van der Waals surface area contributed by atoms with Crippen LogP contribution in [0.2, 0.25) is 0 Å². The van der Waals surface area contributed by atoms with Crippen molar-refractivity contribution in [2.24, 2.45) is 0 Å². The molecule has 1 aromatic rings. The standard InChI is InChI=1S/C11H12BrFO3.C9H17BO2/c1-3-16-10(14)6-7-9(15-2)5-4-8(12)11(7)13;1-7(2)10-11-8(3,4)9(5,6)12-10/h4-5H,3,6H2,1-2H3;1H2,2-6H3. The summed E-state index contributed by atoms with van der Waals surface area (Å²) in [6, 6.07) is 3.13. The monoisotopic (exact) mass is 458 g/mol. The Morgan fingerprint density at radius 3 is 2.18 bits per heavy atom. The van der Waals surface area contributed by atoms with E-state index in [4.69, 9.17) is 18.8 Å². The van der Waals surface area contributed by atoms with Crippen molar-refractivity contribution in [1.82, 2.24) is 0 Å². The molecule has 5 nitrogen and oxygen atoms in total. The maximum atomic E-state index is 13.7. The molecular weight excluding hydrogens is 430 g/mol. The zero-order valence-corrected chi connectivity index (χ0v) is 19.2. The average molecular weight is 459 g/mol. The van der Waals surface area contributed by atoms with Gasteiger partial charge in [0.1, 0.15) is 11.6 Å². The lowest BCUT2D eigenvalue weighted by Crippen LogP contribution is -2.41. The minimum Gasteiger partial charge on any atom is -0.496 e. The summed E-state index contributed by atoms with van der Waals surface area (Å²) in [5.41, 5.74) is 0.650. The molecule has 0 aliphatic carbocycles. The van der Waals surface area contributed by atoms with E-state index in [0.29, 0.717) is 10.2 Å². The van der Waals surface area contributed by atoms with Crippen LogP contribution < -0.4 is 4.74 Å². The Kier molecular flexibility index (Phi) is 8.72. The van der Waals surface area contributed by atoms with Crippen LogP contribution in [0.4, 0.5) is 4.39 Å². The second kappa shape index (κ2) is 9.90. The number of hydrogen-bond donors (Lipinski definition) is 0. The third-order valence-corrected chi connectivity index (χ3v) is 5.27. The Bertz CT molecular complexity index is 705. The molecule has 1 saturated heterocycles. The summed E-state index contributed by atoms with van der Waals surface area (Å²) in [6.45, 7) is 15.9. The Morgan fingerprint density at radius 1 is 1.25 bits per heavy atom. The third-order valence-electron chi connectivity index (χ3n) is 4.66. The molecule has 156 valence electrons. The van der Waals surface area contributed by atoms with E-state index < -0.39 is 11.8 Å². The van der Waals surface area contributed by atoms with Gasteiger partial charge in [0, 0.05) is 5.56 Å². The van der Waals surface area contributed by atoms with E-state index in [2.05, 4.69) is 22.5 Å². The van der Waals surface area contributed by atoms with Crippen molar-refractivity contribution < 1.29 is 28.0 Å². The topological polar surface area (TPSA) is 54.0 Å². The van der Waals surface area contributed by atoms with Crippen LogP contribution in [0.1, 0.15) is 47.1 Å². The summed E-state index contributed by atoms with van der Waals surface area (Å²) < 4.78 is 35.2. The first-order valence-corrected chi connectivity index (χ1v) is 9.83. The van der Waals surface area contributed by atoms with E-state index in [1.807, 2.05) is 34.6 Å². The van der Waals surface area contributed by atoms with Crippen LogP contribution in [0.25, 0.3) is 0 Å². The molecule has 0 amide bonds. The van der Waals surface area contributed by atoms with Crippen molar-refractivity contribution in [3.8, 4) is 5.75 Å². The zero-order chi connectivity index (χ0) is 21.7. The zero-order valence-electron chi connectivity index (χ0n) is 17.7. The van der Waals surface area contributed by atoms with Gasteiger partial charge in [-0.3, -0.25) is 4.79 Å². The van der Waals surface area contributed by atoms with Crippen molar-refractivity contribution in [3.63, 3.8) is 0 Å². The average Bonchev–Trinajstić information content (AvgIpc) is 2.81. The first-order valence-electron chi connectivity index (χ1n) is 9.03. The third kappa shape index (κ3) is 6.06. The maximum Gasteiger partial charge on any atom is 0.489 e. The highest BCUT2D eigenvalue weighted by atomic mass is 79.9. The maximum absolute atomic E-state index is 13.7. The van der Waals surface area contributed by atoms with Crippen LogP contribution in [0, 0.1) is 5.82 Å². The molecule has 0 bridgehead atoms. The SMILES string of the molecule is C=C(C)B1OC(C)(C)C(C)(C)O1.CCOC(=O)Cc1c(OC)ccc(Br)c1F. The van der Waals surface area contributed by atoms with Crippen molar-refractivity contribution >= 4 is 29.0 Å². The molecule has 1 aliphatic heterocycles. The van der Waals surface area contributed by atoms with E-state index in [9.17, 15) is 9.18 Å². The largest absolute Gasteiger partial charge is 0.496 e. The predicted octanol–water partition coefficient (Wildman–Crippen LogP) is 4.90. The number of esters is 1. The summed E-state index contributed by atoms with van der Waals surface area (Å²) in [6.07, 6.45) is -0.137. The van der Waals surface area contributed by atoms with Crippen LogP contribution >= 0.6 is 15.9 Å². The molecule has 0 saturated carbocycles. The van der Waals surface area contributed by atoms with Gasteiger partial charge in [0.2, 0.25) is 0 Å². The smallest absolute Gasteiger partial charge is 0.489 e. The number of benzene rings is 1. The number of halogens is 2. The molecule has 0 radical (unpaired) electrons. The molecule has 1 aromatic carbocycles. The Morgan fingerprint density at radius 2 is 1.79 bits per heavy atom. The van der Waals surface area contributed by atoms with E-state index in [1.165, 1.54) is 13.2 Å². The van der Waals surface area contributed by atoms with Gasteiger partial charge in [-0.1, -0.05) is 5.47 Å². The number of hydrogen-bond acceptors (Lipinski definition) is 5. The molecule has 8 heteroatoms. The summed E-state index contributed by atoms with van der Waals surface area (Å²) in [5, 5.41) is 0. The van der Waals surface area contributed by atoms with Gasteiger partial charge in [0.05, 0.1) is 35.8 Å². The van der Waals surface area contributed by atoms with E-state index in [1.54, 1.807) is 13.0 Å². The molecule has 0 spiro atoms. The quantitative estimate of drug-likeness (QED) is 0.464. The molecule has 0 aromatic heterocycles. The molecule has 0 atom stereocenters. The first-order chi connectivity index (χ1) is 12.9. The van der Waals surface area contributed by atoms with Gasteiger partial charge in [-0.05, 0) is 69.6 Å². The van der Waals surface area contributed by atoms with Gasteiger partial charge in [0.25, 0.3) is 0 Å². The summed E-state index contributed by atoms with van der Waals surface area (Å²) in [7, 11) is 1.19. The minimum atomic E-state index is -0.493. The highest BCUT2D eigenvalue weighted by Crippen LogP contribution is 2.38. The van der Waals surface area contributed by atoms with Crippen LogP contribution in [-0.4, -0.2) is 38.0 Å². The fourth-order valence-corrected chi connectivity index (χ4v) is 2.70. The van der Waals surface area contributed by atoms with Gasteiger partial charge in [-0.2, -0.15) is 0 Å². The van der Waals surface area contributed by atoms with Gasteiger partial charge in [0.15, 0.2) is 0 Å². The number of carbonyl (C=O) groups is 1. The van der Waals surface area contributed by atoms with Crippen molar-refractivity contribution in [3.05, 3.63) is 40.0 Å². The Labute approximate surface area is 175 Å². The van der Waals surface area contributed by atoms with E-state index in [-0.39, 0.29) is 36.9 Å². The van der Waals surface area contributed by atoms with Gasteiger partial charge in [-0.15, -0.1) is 6.58 Å². The second-order valence-corrected chi connectivity index (χ2v) is 8.31. The molecule has 28 heavy (non-hydrogen) atoms. The molecular formula is C20H29BBrFO5. The number of ether oxygens (including phenoxy) is 2. The van der Waals surface area contributed by atoms with Crippen molar-refractivity contribution in [1.29, 1.82) is 0 Å². The fraction of sp³-hybridized carbons (Fsp3) is 0.550. The predicted molar refractivity (Wildman–Crippen MR) is 112 cm³/mol. The van der Waals surface area contributed by atoms with Crippen LogP contribution in [0.15, 0.2) is 28.7 Å². The van der Waals surface area contributed by atoms with Crippen molar-refractivity contribution in [2.75, 3.05) is 13.7 Å². The van der Waals surface area contributed by atoms with Gasteiger partial charge < -0.3 is 18.8 Å². The summed E-state index contributed by atoms with van der Waals surface area (Å²) in [4.78, 5) is 11.3. The van der Waals surface area contributed by atoms with Crippen molar-refractivity contribution in [2.45, 2.75) is 59.2 Å². The van der Waals surface area contributed by atoms with Crippen LogP contribution in [0.3, 0.4) is 0 Å². The molecule has 2 rings (SSSR count). The second-order valence-electron chi connectivity index (χ2n) is 7.46. The normalized spacial score (nSPS) is 16.8. The van der Waals surface area contributed by atoms with E-state index >= 15 is 0 Å². The van der Waals surface area contributed by atoms with Crippen LogP contribution in [-0.2, 0) is 25.3 Å². The minimum absolute atomic E-state index is 0.137. The number of methoxy groups -OCH3 is 1. The van der Waals surface area contributed by atoms with Gasteiger partial charge in [-0.25, -0.2) is 4.39 Å². The number of allylic oxidation sites excluding steroid dienone is 1. The highest BCUT2D eigenvalue weighted by Gasteiger charge is 2.51. The number of carbonyl (C=O) groups excluding carboxylic acids is 1. The molecule has 1 aliphatic rings. The fourth-order valence-electron chi connectivity index (χ4n) is 2.33. The lowest BCUT2D eigenvalue weighted by Gasteiger charge is -2.32. The van der Waals surface area contributed by atoms with Crippen LogP contribution in [0.5, 0.6) is 5.75 Å². The lowest BCUT2D eigenvalue weighted by molar-refractivity contribution is -0.142. The molecule has 1 fully saturated rings. The van der Waals surface area contributed by atoms with E-state index in [0.717, 1.165) is 5.47 Å². The molecule has 0 unspecified atom stereocenters.